The fourth-order valence-corrected chi connectivity index (χ4v) is 2.29. The van der Waals surface area contributed by atoms with Crippen molar-refractivity contribution < 1.29 is 4.74 Å². The number of rotatable bonds is 5. The molecule has 5 nitrogen and oxygen atoms in total. The van der Waals surface area contributed by atoms with Gasteiger partial charge in [-0.05, 0) is 38.9 Å². The summed E-state index contributed by atoms with van der Waals surface area (Å²) < 4.78 is 5.62. The normalized spacial score (nSPS) is 19.9. The van der Waals surface area contributed by atoms with Crippen LogP contribution in [0, 0.1) is 5.41 Å². The van der Waals surface area contributed by atoms with E-state index >= 15 is 0 Å². The van der Waals surface area contributed by atoms with Gasteiger partial charge < -0.3 is 15.4 Å². The van der Waals surface area contributed by atoms with Crippen LogP contribution in [-0.2, 0) is 0 Å². The van der Waals surface area contributed by atoms with Crippen LogP contribution in [0.2, 0.25) is 0 Å². The minimum atomic E-state index is -0.0315. The molecule has 1 aromatic heterocycles. The fraction of sp³-hybridized carbons (Fsp3) is 0.538. The molecule has 0 amide bonds. The molecule has 1 fully saturated rings. The number of hydrogen-bond donors (Lipinski definition) is 2. The van der Waals surface area contributed by atoms with Crippen molar-refractivity contribution in [2.24, 2.45) is 5.73 Å². The molecule has 0 aliphatic carbocycles. The second-order valence-electron chi connectivity index (χ2n) is 4.69. The summed E-state index contributed by atoms with van der Waals surface area (Å²) in [6, 6.07) is 5.94. The summed E-state index contributed by atoms with van der Waals surface area (Å²) in [5.74, 6) is 0.513. The van der Waals surface area contributed by atoms with Crippen molar-refractivity contribution in [3.05, 3.63) is 23.9 Å². The van der Waals surface area contributed by atoms with E-state index in [4.69, 9.17) is 15.9 Å². The maximum absolute atomic E-state index is 7.32. The Bertz CT molecular complexity index is 421. The first-order chi connectivity index (χ1) is 8.66. The third kappa shape index (κ3) is 3.20. The highest BCUT2D eigenvalue weighted by Crippen LogP contribution is 2.18. The van der Waals surface area contributed by atoms with Gasteiger partial charge in [0.05, 0.1) is 6.61 Å². The zero-order chi connectivity index (χ0) is 13.0. The molecule has 0 aromatic carbocycles. The first-order valence-corrected chi connectivity index (χ1v) is 6.31. The van der Waals surface area contributed by atoms with E-state index in [1.165, 1.54) is 19.4 Å². The van der Waals surface area contributed by atoms with E-state index in [-0.39, 0.29) is 5.84 Å². The maximum atomic E-state index is 7.32. The summed E-state index contributed by atoms with van der Waals surface area (Å²) >= 11 is 0. The van der Waals surface area contributed by atoms with Crippen LogP contribution in [0.4, 0.5) is 0 Å². The van der Waals surface area contributed by atoms with Gasteiger partial charge in [-0.25, -0.2) is 4.98 Å². The number of likely N-dealkylation sites (tertiary alicyclic amines) is 1. The maximum Gasteiger partial charge on any atom is 0.213 e. The van der Waals surface area contributed by atoms with Crippen molar-refractivity contribution in [1.82, 2.24) is 9.88 Å². The molecule has 98 valence electrons. The van der Waals surface area contributed by atoms with Crippen LogP contribution in [-0.4, -0.2) is 42.0 Å². The Morgan fingerprint density at radius 3 is 3.11 bits per heavy atom. The third-order valence-electron chi connectivity index (χ3n) is 3.37. The van der Waals surface area contributed by atoms with Gasteiger partial charge >= 0.3 is 0 Å². The van der Waals surface area contributed by atoms with Crippen LogP contribution >= 0.6 is 0 Å². The van der Waals surface area contributed by atoms with Crippen molar-refractivity contribution in [2.75, 3.05) is 20.2 Å². The second-order valence-corrected chi connectivity index (χ2v) is 4.69. The lowest BCUT2D eigenvalue weighted by molar-refractivity contribution is 0.228. The van der Waals surface area contributed by atoms with Gasteiger partial charge in [0.1, 0.15) is 11.5 Å². The number of nitrogens with zero attached hydrogens (tertiary/aromatic N) is 2. The van der Waals surface area contributed by atoms with Crippen LogP contribution in [0.5, 0.6) is 5.88 Å². The molecule has 0 saturated carbocycles. The van der Waals surface area contributed by atoms with E-state index in [1.807, 2.05) is 0 Å². The highest BCUT2D eigenvalue weighted by atomic mass is 16.5. The standard InChI is InChI=1S/C13H20N4O/c1-17-8-3-4-10(17)7-9-18-12-6-2-5-11(16-12)13(14)15/h2,5-6,10H,3-4,7-9H2,1H3,(H3,14,15). The number of nitrogen functional groups attached to an aromatic ring is 1. The van der Waals surface area contributed by atoms with Gasteiger partial charge in [-0.3, -0.25) is 5.41 Å². The second kappa shape index (κ2) is 5.82. The predicted octanol–water partition coefficient (Wildman–Crippen LogP) is 1.23. The van der Waals surface area contributed by atoms with Gasteiger partial charge in [0.15, 0.2) is 0 Å². The van der Waals surface area contributed by atoms with E-state index in [9.17, 15) is 0 Å². The lowest BCUT2D eigenvalue weighted by Crippen LogP contribution is -2.26. The van der Waals surface area contributed by atoms with Crippen LogP contribution in [0.25, 0.3) is 0 Å². The Morgan fingerprint density at radius 2 is 2.44 bits per heavy atom. The SMILES string of the molecule is CN1CCCC1CCOc1cccc(C(=N)N)n1. The first-order valence-electron chi connectivity index (χ1n) is 6.31. The Morgan fingerprint density at radius 1 is 1.61 bits per heavy atom. The summed E-state index contributed by atoms with van der Waals surface area (Å²) in [5, 5.41) is 7.32. The molecule has 0 bridgehead atoms. The largest absolute Gasteiger partial charge is 0.478 e. The van der Waals surface area contributed by atoms with Crippen molar-refractivity contribution in [3.63, 3.8) is 0 Å². The van der Waals surface area contributed by atoms with E-state index in [0.717, 1.165) is 6.42 Å². The Balaban J connectivity index is 1.83. The van der Waals surface area contributed by atoms with Gasteiger partial charge in [-0.15, -0.1) is 0 Å². The minimum Gasteiger partial charge on any atom is -0.478 e. The average molecular weight is 248 g/mol. The Labute approximate surface area is 107 Å². The fourth-order valence-electron chi connectivity index (χ4n) is 2.29. The smallest absolute Gasteiger partial charge is 0.213 e. The molecule has 1 aromatic rings. The van der Waals surface area contributed by atoms with Crippen molar-refractivity contribution in [1.29, 1.82) is 5.41 Å². The monoisotopic (exact) mass is 248 g/mol. The zero-order valence-corrected chi connectivity index (χ0v) is 10.7. The molecule has 18 heavy (non-hydrogen) atoms. The highest BCUT2D eigenvalue weighted by molar-refractivity contribution is 5.93. The summed E-state index contributed by atoms with van der Waals surface area (Å²) in [4.78, 5) is 6.55. The molecule has 5 heteroatoms. The summed E-state index contributed by atoms with van der Waals surface area (Å²) in [6.45, 7) is 1.84. The Hall–Kier alpha value is -1.62. The molecule has 1 saturated heterocycles. The first kappa shape index (κ1) is 12.8. The Kier molecular flexibility index (Phi) is 4.15. The van der Waals surface area contributed by atoms with Crippen LogP contribution in [0.1, 0.15) is 25.0 Å². The highest BCUT2D eigenvalue weighted by Gasteiger charge is 2.20. The number of nitrogens with one attached hydrogen (secondary N) is 1. The van der Waals surface area contributed by atoms with Crippen molar-refractivity contribution >= 4 is 5.84 Å². The van der Waals surface area contributed by atoms with Gasteiger partial charge in [0.25, 0.3) is 0 Å². The predicted molar refractivity (Wildman–Crippen MR) is 71.0 cm³/mol. The average Bonchev–Trinajstić information content (AvgIpc) is 2.76. The molecular weight excluding hydrogens is 228 g/mol. The number of nitrogens with two attached hydrogens (primary N) is 1. The molecule has 0 spiro atoms. The molecule has 1 atom stereocenters. The summed E-state index contributed by atoms with van der Waals surface area (Å²) in [6.07, 6.45) is 3.54. The number of amidine groups is 1. The molecular formula is C13H20N4O. The van der Waals surface area contributed by atoms with Crippen molar-refractivity contribution in [3.8, 4) is 5.88 Å². The summed E-state index contributed by atoms with van der Waals surface area (Å²) in [5.41, 5.74) is 5.85. The minimum absolute atomic E-state index is 0.0315. The molecule has 1 aliphatic rings. The van der Waals surface area contributed by atoms with Gasteiger partial charge in [-0.1, -0.05) is 6.07 Å². The molecule has 2 rings (SSSR count). The van der Waals surface area contributed by atoms with Crippen LogP contribution in [0.3, 0.4) is 0 Å². The van der Waals surface area contributed by atoms with E-state index in [0.29, 0.717) is 24.2 Å². The number of hydrogen-bond acceptors (Lipinski definition) is 4. The lowest BCUT2D eigenvalue weighted by Gasteiger charge is -2.19. The molecule has 2 heterocycles. The van der Waals surface area contributed by atoms with Crippen LogP contribution in [0.15, 0.2) is 18.2 Å². The molecule has 1 aliphatic heterocycles. The van der Waals surface area contributed by atoms with Gasteiger partial charge in [-0.2, -0.15) is 0 Å². The topological polar surface area (TPSA) is 75.2 Å². The molecule has 0 radical (unpaired) electrons. The van der Waals surface area contributed by atoms with E-state index in [2.05, 4.69) is 16.9 Å². The van der Waals surface area contributed by atoms with E-state index in [1.54, 1.807) is 18.2 Å². The zero-order valence-electron chi connectivity index (χ0n) is 10.7. The van der Waals surface area contributed by atoms with Crippen molar-refractivity contribution in [2.45, 2.75) is 25.3 Å². The lowest BCUT2D eigenvalue weighted by atomic mass is 10.1. The number of ether oxygens (including phenoxy) is 1. The quantitative estimate of drug-likeness (QED) is 0.607. The van der Waals surface area contributed by atoms with Crippen LogP contribution < -0.4 is 10.5 Å². The van der Waals surface area contributed by atoms with E-state index < -0.39 is 0 Å². The van der Waals surface area contributed by atoms with Gasteiger partial charge in [0.2, 0.25) is 5.88 Å². The summed E-state index contributed by atoms with van der Waals surface area (Å²) in [7, 11) is 2.16. The third-order valence-corrected chi connectivity index (χ3v) is 3.37. The van der Waals surface area contributed by atoms with Gasteiger partial charge in [0, 0.05) is 12.1 Å². The number of pyridine rings is 1. The molecule has 1 unspecified atom stereocenters. The molecule has 3 N–H and O–H groups in total. The number of aromatic nitrogens is 1.